The second-order valence-electron chi connectivity index (χ2n) is 24.6. The average Bonchev–Trinajstić information content (AvgIpc) is 3.44. The van der Waals surface area contributed by atoms with Crippen LogP contribution in [0, 0.1) is 0 Å². The number of amides is 1. The van der Waals surface area contributed by atoms with Gasteiger partial charge in [-0.05, 0) is 77.0 Å². The summed E-state index contributed by atoms with van der Waals surface area (Å²) < 4.78 is 5.51. The molecule has 0 spiro atoms. The number of aliphatic hydroxyl groups excluding tert-OH is 2. The quantitative estimate of drug-likeness (QED) is 0.0320. The molecule has 0 aromatic heterocycles. The maximum atomic E-state index is 12.5. The van der Waals surface area contributed by atoms with Crippen molar-refractivity contribution in [2.45, 2.75) is 411 Å². The molecule has 0 aromatic carbocycles. The van der Waals surface area contributed by atoms with Crippen molar-refractivity contribution in [3.05, 3.63) is 24.3 Å². The summed E-state index contributed by atoms with van der Waals surface area (Å²) in [6.07, 6.45) is 85.0. The highest BCUT2D eigenvalue weighted by Gasteiger charge is 2.20. The molecular formula is C72H139NO5. The molecule has 462 valence electrons. The van der Waals surface area contributed by atoms with E-state index >= 15 is 0 Å². The normalized spacial score (nSPS) is 12.6. The smallest absolute Gasteiger partial charge is 0.305 e. The molecule has 0 aliphatic rings. The predicted octanol–water partition coefficient (Wildman–Crippen LogP) is 22.9. The lowest BCUT2D eigenvalue weighted by atomic mass is 10.0. The van der Waals surface area contributed by atoms with Crippen molar-refractivity contribution in [1.82, 2.24) is 5.32 Å². The summed E-state index contributed by atoms with van der Waals surface area (Å²) in [6.45, 7) is 4.98. The standard InChI is InChI=1S/C72H139NO5/c1-3-5-7-9-11-13-15-17-19-21-28-32-36-40-44-48-52-56-60-64-70(75)69(68-74)73-71(76)65-61-57-53-49-45-41-37-33-30-26-24-23-25-27-31-35-39-43-47-51-55-59-63-67-78-72(77)66-62-58-54-50-46-42-38-34-29-22-20-18-16-14-12-10-8-6-4-2/h18,20,26,30,69-70,74-75H,3-17,19,21-25,27-29,31-68H2,1-2H3,(H,73,76)/b20-18-,30-26-. The number of nitrogens with one attached hydrogen (secondary N) is 1. The van der Waals surface area contributed by atoms with E-state index < -0.39 is 12.1 Å². The third kappa shape index (κ3) is 63.5. The largest absolute Gasteiger partial charge is 0.466 e. The summed E-state index contributed by atoms with van der Waals surface area (Å²) in [5.74, 6) is -0.0254. The lowest BCUT2D eigenvalue weighted by molar-refractivity contribution is -0.143. The fraction of sp³-hybridized carbons (Fsp3) is 0.917. The van der Waals surface area contributed by atoms with Crippen LogP contribution in [0.1, 0.15) is 399 Å². The van der Waals surface area contributed by atoms with Gasteiger partial charge in [0.05, 0.1) is 25.4 Å². The van der Waals surface area contributed by atoms with Crippen LogP contribution in [0.15, 0.2) is 24.3 Å². The third-order valence-corrected chi connectivity index (χ3v) is 16.7. The number of aliphatic hydroxyl groups is 2. The Labute approximate surface area is 488 Å². The van der Waals surface area contributed by atoms with Crippen LogP contribution in [-0.2, 0) is 14.3 Å². The number of ether oxygens (including phenoxy) is 1. The molecule has 3 N–H and O–H groups in total. The molecule has 1 amide bonds. The molecule has 2 unspecified atom stereocenters. The fourth-order valence-corrected chi connectivity index (χ4v) is 11.3. The zero-order chi connectivity index (χ0) is 56.4. The van der Waals surface area contributed by atoms with E-state index in [1.54, 1.807) is 0 Å². The van der Waals surface area contributed by atoms with Gasteiger partial charge in [-0.1, -0.05) is 334 Å². The van der Waals surface area contributed by atoms with Crippen LogP contribution in [0.25, 0.3) is 0 Å². The van der Waals surface area contributed by atoms with Crippen molar-refractivity contribution in [3.63, 3.8) is 0 Å². The lowest BCUT2D eigenvalue weighted by Crippen LogP contribution is -2.45. The highest BCUT2D eigenvalue weighted by Crippen LogP contribution is 2.19. The lowest BCUT2D eigenvalue weighted by Gasteiger charge is -2.22. The van der Waals surface area contributed by atoms with Gasteiger partial charge in [0, 0.05) is 12.8 Å². The minimum absolute atomic E-state index is 0.0121. The number of carbonyl (C=O) groups is 2. The molecule has 0 aliphatic carbocycles. The molecule has 2 atom stereocenters. The van der Waals surface area contributed by atoms with Crippen molar-refractivity contribution in [1.29, 1.82) is 0 Å². The van der Waals surface area contributed by atoms with Gasteiger partial charge in [-0.2, -0.15) is 0 Å². The zero-order valence-electron chi connectivity index (χ0n) is 52.9. The third-order valence-electron chi connectivity index (χ3n) is 16.7. The minimum Gasteiger partial charge on any atom is -0.466 e. The van der Waals surface area contributed by atoms with Crippen LogP contribution in [0.2, 0.25) is 0 Å². The maximum Gasteiger partial charge on any atom is 0.305 e. The number of esters is 1. The minimum atomic E-state index is -0.669. The average molecular weight is 1100 g/mol. The van der Waals surface area contributed by atoms with Crippen LogP contribution >= 0.6 is 0 Å². The Morgan fingerprint density at radius 2 is 0.603 bits per heavy atom. The van der Waals surface area contributed by atoms with Gasteiger partial charge in [0.2, 0.25) is 5.91 Å². The monoisotopic (exact) mass is 1100 g/mol. The predicted molar refractivity (Wildman–Crippen MR) is 343 cm³/mol. The summed E-state index contributed by atoms with van der Waals surface area (Å²) >= 11 is 0. The highest BCUT2D eigenvalue weighted by atomic mass is 16.5. The van der Waals surface area contributed by atoms with E-state index in [0.717, 1.165) is 44.9 Å². The van der Waals surface area contributed by atoms with Gasteiger partial charge in [-0.15, -0.1) is 0 Å². The topological polar surface area (TPSA) is 95.9 Å². The number of carbonyl (C=O) groups excluding carboxylic acids is 2. The van der Waals surface area contributed by atoms with E-state index in [-0.39, 0.29) is 18.5 Å². The SMILES string of the molecule is CCCCCCCC/C=C\CCCCCCCCCCCC(=O)OCCCCCCCCCCCCCC/C=C\CCCCCCCCCC(=O)NC(CO)C(O)CCCCCCCCCCCCCCCCCCCCC. The molecule has 0 fully saturated rings. The summed E-state index contributed by atoms with van der Waals surface area (Å²) in [7, 11) is 0. The zero-order valence-corrected chi connectivity index (χ0v) is 52.9. The van der Waals surface area contributed by atoms with Crippen LogP contribution in [0.5, 0.6) is 0 Å². The van der Waals surface area contributed by atoms with Gasteiger partial charge < -0.3 is 20.3 Å². The molecule has 0 aliphatic heterocycles. The summed E-state index contributed by atoms with van der Waals surface area (Å²) in [5.41, 5.74) is 0. The van der Waals surface area contributed by atoms with E-state index in [0.29, 0.717) is 25.9 Å². The molecule has 78 heavy (non-hydrogen) atoms. The second kappa shape index (κ2) is 67.8. The van der Waals surface area contributed by atoms with E-state index in [9.17, 15) is 19.8 Å². The molecule has 0 heterocycles. The Bertz CT molecular complexity index is 1220. The van der Waals surface area contributed by atoms with Gasteiger partial charge in [0.1, 0.15) is 0 Å². The Morgan fingerprint density at radius 3 is 0.910 bits per heavy atom. The van der Waals surface area contributed by atoms with Gasteiger partial charge in [-0.25, -0.2) is 0 Å². The summed E-state index contributed by atoms with van der Waals surface area (Å²) in [4.78, 5) is 24.6. The molecule has 0 rings (SSSR count). The van der Waals surface area contributed by atoms with Crippen molar-refractivity contribution >= 4 is 11.9 Å². The van der Waals surface area contributed by atoms with Crippen molar-refractivity contribution in [2.24, 2.45) is 0 Å². The first kappa shape index (κ1) is 76.3. The van der Waals surface area contributed by atoms with Crippen LogP contribution in [-0.4, -0.2) is 47.4 Å². The summed E-state index contributed by atoms with van der Waals surface area (Å²) in [5, 5.41) is 23.4. The number of hydrogen-bond donors (Lipinski definition) is 3. The Kier molecular flexibility index (Phi) is 66.4. The van der Waals surface area contributed by atoms with Gasteiger partial charge in [-0.3, -0.25) is 9.59 Å². The highest BCUT2D eigenvalue weighted by molar-refractivity contribution is 5.76. The van der Waals surface area contributed by atoms with Crippen molar-refractivity contribution < 1.29 is 24.5 Å². The van der Waals surface area contributed by atoms with Crippen molar-refractivity contribution in [2.75, 3.05) is 13.2 Å². The Hall–Kier alpha value is -1.66. The Morgan fingerprint density at radius 1 is 0.346 bits per heavy atom. The molecule has 0 bridgehead atoms. The molecule has 0 aromatic rings. The molecule has 6 heteroatoms. The summed E-state index contributed by atoms with van der Waals surface area (Å²) in [6, 6.07) is -0.547. The van der Waals surface area contributed by atoms with Crippen LogP contribution < -0.4 is 5.32 Å². The van der Waals surface area contributed by atoms with Crippen molar-refractivity contribution in [3.8, 4) is 0 Å². The first-order valence-corrected chi connectivity index (χ1v) is 35.6. The number of rotatable bonds is 67. The molecule has 0 radical (unpaired) electrons. The fourth-order valence-electron chi connectivity index (χ4n) is 11.3. The van der Waals surface area contributed by atoms with Gasteiger partial charge in [0.15, 0.2) is 0 Å². The second-order valence-corrected chi connectivity index (χ2v) is 24.6. The first-order valence-electron chi connectivity index (χ1n) is 35.6. The van der Waals surface area contributed by atoms with E-state index in [4.69, 9.17) is 4.74 Å². The van der Waals surface area contributed by atoms with Gasteiger partial charge >= 0.3 is 5.97 Å². The number of unbranched alkanes of at least 4 members (excludes halogenated alkanes) is 52. The van der Waals surface area contributed by atoms with E-state index in [2.05, 4.69) is 43.5 Å². The molecule has 0 saturated carbocycles. The molecule has 6 nitrogen and oxygen atoms in total. The van der Waals surface area contributed by atoms with Crippen LogP contribution in [0.3, 0.4) is 0 Å². The molecular weight excluding hydrogens is 959 g/mol. The van der Waals surface area contributed by atoms with Gasteiger partial charge in [0.25, 0.3) is 0 Å². The van der Waals surface area contributed by atoms with E-state index in [1.807, 2.05) is 0 Å². The Balaban J connectivity index is 3.39. The maximum absolute atomic E-state index is 12.5. The molecule has 0 saturated heterocycles. The van der Waals surface area contributed by atoms with E-state index in [1.165, 1.54) is 321 Å². The first-order chi connectivity index (χ1) is 38.5. The number of hydrogen-bond acceptors (Lipinski definition) is 5. The number of allylic oxidation sites excluding steroid dienone is 4. The van der Waals surface area contributed by atoms with Crippen LogP contribution in [0.4, 0.5) is 0 Å².